The van der Waals surface area contributed by atoms with Crippen molar-refractivity contribution in [1.82, 2.24) is 14.6 Å². The van der Waals surface area contributed by atoms with E-state index in [4.69, 9.17) is 5.73 Å². The van der Waals surface area contributed by atoms with Gasteiger partial charge in [-0.2, -0.15) is 4.98 Å². The van der Waals surface area contributed by atoms with Gasteiger partial charge in [-0.25, -0.2) is 9.31 Å². The molecule has 1 aliphatic heterocycles. The summed E-state index contributed by atoms with van der Waals surface area (Å²) in [7, 11) is 0. The van der Waals surface area contributed by atoms with Crippen molar-refractivity contribution >= 4 is 23.3 Å². The molecular formula is C13H17N5O2. The van der Waals surface area contributed by atoms with Crippen molar-refractivity contribution in [3.05, 3.63) is 17.8 Å². The van der Waals surface area contributed by atoms with Crippen molar-refractivity contribution in [3.8, 4) is 0 Å². The minimum atomic E-state index is -0.956. The Morgan fingerprint density at radius 2 is 2.15 bits per heavy atom. The second kappa shape index (κ2) is 4.66. The highest BCUT2D eigenvalue weighted by atomic mass is 16.4. The van der Waals surface area contributed by atoms with Gasteiger partial charge in [0.2, 0.25) is 5.95 Å². The van der Waals surface area contributed by atoms with E-state index in [2.05, 4.69) is 21.9 Å². The van der Waals surface area contributed by atoms with Gasteiger partial charge in [0.1, 0.15) is 0 Å². The Balaban J connectivity index is 2.07. The maximum absolute atomic E-state index is 11.5. The Morgan fingerprint density at radius 1 is 1.45 bits per heavy atom. The Bertz CT molecular complexity index is 658. The summed E-state index contributed by atoms with van der Waals surface area (Å²) in [5.41, 5.74) is 6.94. The number of hydrogen-bond donors (Lipinski definition) is 2. The molecule has 7 nitrogen and oxygen atoms in total. The molecule has 3 rings (SSSR count). The minimum absolute atomic E-state index is 0.144. The van der Waals surface area contributed by atoms with Crippen LogP contribution in [0, 0.1) is 5.92 Å². The van der Waals surface area contributed by atoms with Crippen molar-refractivity contribution in [2.45, 2.75) is 19.8 Å². The largest absolute Gasteiger partial charge is 0.478 e. The van der Waals surface area contributed by atoms with Gasteiger partial charge in [0, 0.05) is 13.1 Å². The van der Waals surface area contributed by atoms with E-state index >= 15 is 0 Å². The smallest absolute Gasteiger partial charge is 0.338 e. The first kappa shape index (κ1) is 12.7. The quantitative estimate of drug-likeness (QED) is 0.856. The molecule has 3 heterocycles. The van der Waals surface area contributed by atoms with Crippen LogP contribution in [0.5, 0.6) is 0 Å². The molecule has 0 saturated carbocycles. The first-order valence-electron chi connectivity index (χ1n) is 6.68. The normalized spacial score (nSPS) is 16.8. The molecule has 0 unspecified atom stereocenters. The topological polar surface area (TPSA) is 96.8 Å². The number of carbonyl (C=O) groups is 1. The first-order valence-corrected chi connectivity index (χ1v) is 6.68. The SMILES string of the molecule is CC1CCN(c2cn3nc(N)nc3cc2C(=O)O)CC1. The Hall–Kier alpha value is -2.31. The minimum Gasteiger partial charge on any atom is -0.478 e. The van der Waals surface area contributed by atoms with Gasteiger partial charge in [-0.15, -0.1) is 5.10 Å². The average Bonchev–Trinajstić information content (AvgIpc) is 2.77. The van der Waals surface area contributed by atoms with Crippen LogP contribution in [0.2, 0.25) is 0 Å². The Labute approximate surface area is 116 Å². The number of anilines is 2. The van der Waals surface area contributed by atoms with Crippen LogP contribution in [0.1, 0.15) is 30.1 Å². The molecule has 106 valence electrons. The number of nitrogens with zero attached hydrogens (tertiary/aromatic N) is 4. The lowest BCUT2D eigenvalue weighted by Crippen LogP contribution is -2.34. The molecule has 20 heavy (non-hydrogen) atoms. The van der Waals surface area contributed by atoms with E-state index in [1.54, 1.807) is 6.20 Å². The summed E-state index contributed by atoms with van der Waals surface area (Å²) in [4.78, 5) is 17.6. The maximum atomic E-state index is 11.5. The zero-order valence-corrected chi connectivity index (χ0v) is 11.3. The van der Waals surface area contributed by atoms with Gasteiger partial charge < -0.3 is 15.7 Å². The summed E-state index contributed by atoms with van der Waals surface area (Å²) in [5, 5.41) is 13.4. The van der Waals surface area contributed by atoms with Crippen molar-refractivity contribution in [1.29, 1.82) is 0 Å². The van der Waals surface area contributed by atoms with Crippen molar-refractivity contribution in [2.75, 3.05) is 23.7 Å². The third kappa shape index (κ3) is 2.15. The third-order valence-corrected chi connectivity index (χ3v) is 3.82. The van der Waals surface area contributed by atoms with Gasteiger partial charge in [-0.1, -0.05) is 6.92 Å². The highest BCUT2D eigenvalue weighted by Gasteiger charge is 2.22. The molecule has 2 aromatic heterocycles. The number of pyridine rings is 1. The number of rotatable bonds is 2. The number of carboxylic acids is 1. The zero-order valence-electron chi connectivity index (χ0n) is 11.3. The highest BCUT2D eigenvalue weighted by molar-refractivity contribution is 5.95. The van der Waals surface area contributed by atoms with Crippen LogP contribution in [-0.2, 0) is 0 Å². The molecule has 2 aromatic rings. The Morgan fingerprint density at radius 3 is 2.80 bits per heavy atom. The van der Waals surface area contributed by atoms with E-state index in [1.165, 1.54) is 10.6 Å². The summed E-state index contributed by atoms with van der Waals surface area (Å²) < 4.78 is 1.54. The molecular weight excluding hydrogens is 258 g/mol. The number of nitrogens with two attached hydrogens (primary N) is 1. The molecule has 0 aromatic carbocycles. The second-order valence-electron chi connectivity index (χ2n) is 5.32. The summed E-state index contributed by atoms with van der Waals surface area (Å²) in [5.74, 6) is -0.126. The fourth-order valence-electron chi connectivity index (χ4n) is 2.61. The van der Waals surface area contributed by atoms with Crippen LogP contribution >= 0.6 is 0 Å². The molecule has 1 saturated heterocycles. The number of piperidine rings is 1. The van der Waals surface area contributed by atoms with Crippen LogP contribution in [0.3, 0.4) is 0 Å². The van der Waals surface area contributed by atoms with Gasteiger partial charge in [0.05, 0.1) is 17.4 Å². The molecule has 0 spiro atoms. The maximum Gasteiger partial charge on any atom is 0.338 e. The number of hydrogen-bond acceptors (Lipinski definition) is 5. The third-order valence-electron chi connectivity index (χ3n) is 3.82. The fourth-order valence-corrected chi connectivity index (χ4v) is 2.61. The van der Waals surface area contributed by atoms with E-state index in [0.29, 0.717) is 17.3 Å². The van der Waals surface area contributed by atoms with Crippen LogP contribution in [0.15, 0.2) is 12.3 Å². The molecule has 3 N–H and O–H groups in total. The van der Waals surface area contributed by atoms with E-state index < -0.39 is 5.97 Å². The van der Waals surface area contributed by atoms with Gasteiger partial charge in [0.15, 0.2) is 5.65 Å². The van der Waals surface area contributed by atoms with E-state index in [1.807, 2.05) is 0 Å². The van der Waals surface area contributed by atoms with E-state index in [-0.39, 0.29) is 11.5 Å². The van der Waals surface area contributed by atoms with Gasteiger partial charge in [-0.3, -0.25) is 0 Å². The molecule has 7 heteroatoms. The molecule has 0 bridgehead atoms. The summed E-state index contributed by atoms with van der Waals surface area (Å²) >= 11 is 0. The number of aromatic nitrogens is 3. The first-order chi connectivity index (χ1) is 9.54. The number of aromatic carboxylic acids is 1. The molecule has 0 atom stereocenters. The second-order valence-corrected chi connectivity index (χ2v) is 5.32. The van der Waals surface area contributed by atoms with E-state index in [9.17, 15) is 9.90 Å². The summed E-state index contributed by atoms with van der Waals surface area (Å²) in [6, 6.07) is 1.53. The predicted octanol–water partition coefficient (Wildman–Crippen LogP) is 1.25. The van der Waals surface area contributed by atoms with Crippen LogP contribution in [0.25, 0.3) is 5.65 Å². The lowest BCUT2D eigenvalue weighted by Gasteiger charge is -2.32. The molecule has 0 amide bonds. The molecule has 1 aliphatic rings. The number of fused-ring (bicyclic) bond motifs is 1. The standard InChI is InChI=1S/C13H17N5O2/c1-8-2-4-17(5-3-8)10-7-18-11(15-13(14)16-18)6-9(10)12(19)20/h6-8H,2-5H2,1H3,(H2,14,16)(H,19,20). The van der Waals surface area contributed by atoms with Crippen LogP contribution < -0.4 is 10.6 Å². The number of nitrogen functional groups attached to an aromatic ring is 1. The Kier molecular flexibility index (Phi) is 2.96. The van der Waals surface area contributed by atoms with Crippen LogP contribution in [-0.4, -0.2) is 38.8 Å². The number of carboxylic acid groups (broad SMARTS) is 1. The average molecular weight is 275 g/mol. The fraction of sp³-hybridized carbons (Fsp3) is 0.462. The predicted molar refractivity (Wildman–Crippen MR) is 75.0 cm³/mol. The summed E-state index contributed by atoms with van der Waals surface area (Å²) in [6.45, 7) is 3.94. The van der Waals surface area contributed by atoms with Crippen molar-refractivity contribution < 1.29 is 9.90 Å². The summed E-state index contributed by atoms with van der Waals surface area (Å²) in [6.07, 6.45) is 3.84. The monoisotopic (exact) mass is 275 g/mol. The molecule has 1 fully saturated rings. The lowest BCUT2D eigenvalue weighted by molar-refractivity contribution is 0.0697. The highest BCUT2D eigenvalue weighted by Crippen LogP contribution is 2.27. The van der Waals surface area contributed by atoms with Gasteiger partial charge in [-0.05, 0) is 24.8 Å². The van der Waals surface area contributed by atoms with Crippen LogP contribution in [0.4, 0.5) is 11.6 Å². The van der Waals surface area contributed by atoms with Gasteiger partial charge in [0.25, 0.3) is 0 Å². The van der Waals surface area contributed by atoms with Gasteiger partial charge >= 0.3 is 5.97 Å². The lowest BCUT2D eigenvalue weighted by atomic mass is 9.98. The molecule has 0 radical (unpaired) electrons. The molecule has 0 aliphatic carbocycles. The van der Waals surface area contributed by atoms with Crippen molar-refractivity contribution in [3.63, 3.8) is 0 Å². The van der Waals surface area contributed by atoms with Crippen molar-refractivity contribution in [2.24, 2.45) is 5.92 Å². The van der Waals surface area contributed by atoms with E-state index in [0.717, 1.165) is 25.9 Å². The zero-order chi connectivity index (χ0) is 14.3.